The van der Waals surface area contributed by atoms with E-state index in [1.54, 1.807) is 4.90 Å². The van der Waals surface area contributed by atoms with Crippen LogP contribution >= 0.6 is 11.8 Å². The van der Waals surface area contributed by atoms with Gasteiger partial charge in [0.1, 0.15) is 6.54 Å². The van der Waals surface area contributed by atoms with Crippen LogP contribution in [0.15, 0.2) is 29.2 Å². The second-order valence-corrected chi connectivity index (χ2v) is 8.23. The Morgan fingerprint density at radius 2 is 2.04 bits per heavy atom. The lowest BCUT2D eigenvalue weighted by molar-refractivity contribution is -0.123. The summed E-state index contributed by atoms with van der Waals surface area (Å²) in [6.45, 7) is 1.77. The molecule has 1 aliphatic carbocycles. The number of amides is 2. The van der Waals surface area contributed by atoms with Gasteiger partial charge in [0.2, 0.25) is 11.8 Å². The van der Waals surface area contributed by atoms with Gasteiger partial charge in [-0.2, -0.15) is 0 Å². The van der Waals surface area contributed by atoms with E-state index in [0.717, 1.165) is 23.5 Å². The topological polar surface area (TPSA) is 52.7 Å². The molecule has 5 nitrogen and oxygen atoms in total. The fourth-order valence-corrected chi connectivity index (χ4v) is 4.72. The number of para-hydroxylation sites is 1. The summed E-state index contributed by atoms with van der Waals surface area (Å²) in [4.78, 5) is 29.6. The van der Waals surface area contributed by atoms with Gasteiger partial charge in [-0.15, -0.1) is 11.8 Å². The smallest absolute Gasteiger partial charge is 0.240 e. The van der Waals surface area contributed by atoms with Gasteiger partial charge in [-0.25, -0.2) is 0 Å². The average molecular weight is 376 g/mol. The van der Waals surface area contributed by atoms with Crippen LogP contribution in [0.25, 0.3) is 0 Å². The van der Waals surface area contributed by atoms with E-state index in [2.05, 4.69) is 17.3 Å². The van der Waals surface area contributed by atoms with Crippen molar-refractivity contribution in [3.8, 4) is 0 Å². The summed E-state index contributed by atoms with van der Waals surface area (Å²) >= 11 is 1.54. The average Bonchev–Trinajstić information content (AvgIpc) is 2.68. The standard InChI is InChI=1S/C20H29N3O2S/c1-22(16-8-3-2-4-9-16)13-7-12-21-19(24)14-23-17-10-5-6-11-18(17)26-15-20(23)25/h5-6,10-11,16H,2-4,7-9,12-15H2,1H3,(H,21,24). The Hall–Kier alpha value is -1.53. The second kappa shape index (κ2) is 9.42. The Kier molecular flexibility index (Phi) is 6.97. The summed E-state index contributed by atoms with van der Waals surface area (Å²) in [5.74, 6) is 0.317. The summed E-state index contributed by atoms with van der Waals surface area (Å²) in [6, 6.07) is 8.48. The largest absolute Gasteiger partial charge is 0.355 e. The SMILES string of the molecule is CN(CCCNC(=O)CN1C(=O)CSc2ccccc21)C1CCCCC1. The first kappa shape index (κ1) is 19.2. The zero-order chi connectivity index (χ0) is 18.4. The molecular formula is C20H29N3O2S. The van der Waals surface area contributed by atoms with Crippen molar-refractivity contribution in [2.45, 2.75) is 49.5 Å². The number of hydrogen-bond donors (Lipinski definition) is 1. The molecule has 0 bridgehead atoms. The molecule has 1 aliphatic heterocycles. The van der Waals surface area contributed by atoms with Crippen molar-refractivity contribution in [2.24, 2.45) is 0 Å². The molecular weight excluding hydrogens is 346 g/mol. The lowest BCUT2D eigenvalue weighted by Gasteiger charge is -2.31. The number of benzene rings is 1. The van der Waals surface area contributed by atoms with Crippen LogP contribution < -0.4 is 10.2 Å². The quantitative estimate of drug-likeness (QED) is 0.745. The first-order valence-corrected chi connectivity index (χ1v) is 10.6. The molecule has 0 aromatic heterocycles. The number of carbonyl (C=O) groups excluding carboxylic acids is 2. The maximum atomic E-state index is 12.3. The molecule has 1 fully saturated rings. The maximum absolute atomic E-state index is 12.3. The molecule has 0 unspecified atom stereocenters. The highest BCUT2D eigenvalue weighted by atomic mass is 32.2. The van der Waals surface area contributed by atoms with Gasteiger partial charge in [0.05, 0.1) is 11.4 Å². The minimum atomic E-state index is -0.0830. The number of carbonyl (C=O) groups is 2. The third-order valence-electron chi connectivity index (χ3n) is 5.32. The lowest BCUT2D eigenvalue weighted by Crippen LogP contribution is -2.44. The Morgan fingerprint density at radius 1 is 1.27 bits per heavy atom. The third-order valence-corrected chi connectivity index (χ3v) is 6.37. The van der Waals surface area contributed by atoms with Crippen LogP contribution in [0.1, 0.15) is 38.5 Å². The molecule has 1 aromatic rings. The normalized spacial score (nSPS) is 18.1. The molecule has 1 heterocycles. The van der Waals surface area contributed by atoms with Crippen LogP contribution in [0.5, 0.6) is 0 Å². The lowest BCUT2D eigenvalue weighted by atomic mass is 9.94. The molecule has 2 amide bonds. The van der Waals surface area contributed by atoms with Crippen LogP contribution in [0.3, 0.4) is 0 Å². The number of rotatable bonds is 7. The molecule has 1 N–H and O–H groups in total. The molecule has 142 valence electrons. The zero-order valence-corrected chi connectivity index (χ0v) is 16.4. The van der Waals surface area contributed by atoms with Gasteiger partial charge in [-0.3, -0.25) is 9.59 Å². The van der Waals surface area contributed by atoms with Crippen molar-refractivity contribution >= 4 is 29.3 Å². The summed E-state index contributed by atoms with van der Waals surface area (Å²) in [5.41, 5.74) is 0.848. The number of anilines is 1. The number of nitrogens with one attached hydrogen (secondary N) is 1. The molecule has 0 atom stereocenters. The van der Waals surface area contributed by atoms with E-state index in [0.29, 0.717) is 18.3 Å². The number of hydrogen-bond acceptors (Lipinski definition) is 4. The van der Waals surface area contributed by atoms with Gasteiger partial charge < -0.3 is 15.1 Å². The highest BCUT2D eigenvalue weighted by molar-refractivity contribution is 8.00. The molecule has 1 aromatic carbocycles. The Bertz CT molecular complexity index is 631. The van der Waals surface area contributed by atoms with E-state index >= 15 is 0 Å². The summed E-state index contributed by atoms with van der Waals surface area (Å²) in [7, 11) is 2.19. The van der Waals surface area contributed by atoms with Crippen LogP contribution in [0, 0.1) is 0 Å². The summed E-state index contributed by atoms with van der Waals surface area (Å²) < 4.78 is 0. The van der Waals surface area contributed by atoms with Gasteiger partial charge in [0, 0.05) is 17.5 Å². The number of nitrogens with zero attached hydrogens (tertiary/aromatic N) is 2. The molecule has 26 heavy (non-hydrogen) atoms. The van der Waals surface area contributed by atoms with Gasteiger partial charge >= 0.3 is 0 Å². The minimum absolute atomic E-state index is 0.000817. The van der Waals surface area contributed by atoms with E-state index in [1.165, 1.54) is 43.9 Å². The van der Waals surface area contributed by atoms with E-state index in [4.69, 9.17) is 0 Å². The van der Waals surface area contributed by atoms with Crippen LogP contribution in [-0.2, 0) is 9.59 Å². The van der Waals surface area contributed by atoms with Gasteiger partial charge in [0.15, 0.2) is 0 Å². The molecule has 1 saturated carbocycles. The predicted octanol–water partition coefficient (Wildman–Crippen LogP) is 2.90. The van der Waals surface area contributed by atoms with Gasteiger partial charge in [0.25, 0.3) is 0 Å². The number of fused-ring (bicyclic) bond motifs is 1. The van der Waals surface area contributed by atoms with Gasteiger partial charge in [-0.1, -0.05) is 31.4 Å². The Balaban J connectivity index is 1.41. The van der Waals surface area contributed by atoms with Crippen LogP contribution in [0.2, 0.25) is 0 Å². The molecule has 0 radical (unpaired) electrons. The van der Waals surface area contributed by atoms with Crippen LogP contribution in [-0.4, -0.2) is 55.2 Å². The highest BCUT2D eigenvalue weighted by Crippen LogP contribution is 2.34. The first-order chi connectivity index (χ1) is 12.6. The van der Waals surface area contributed by atoms with Crippen molar-refractivity contribution in [2.75, 3.05) is 37.3 Å². The van der Waals surface area contributed by atoms with Crippen molar-refractivity contribution in [1.29, 1.82) is 0 Å². The van der Waals surface area contributed by atoms with E-state index in [-0.39, 0.29) is 18.4 Å². The zero-order valence-electron chi connectivity index (χ0n) is 15.6. The van der Waals surface area contributed by atoms with E-state index in [1.807, 2.05) is 24.3 Å². The minimum Gasteiger partial charge on any atom is -0.355 e. The van der Waals surface area contributed by atoms with Crippen molar-refractivity contribution in [3.63, 3.8) is 0 Å². The summed E-state index contributed by atoms with van der Waals surface area (Å²) in [5, 5.41) is 2.97. The first-order valence-electron chi connectivity index (χ1n) is 9.64. The number of thioether (sulfide) groups is 1. The molecule has 2 aliphatic rings. The maximum Gasteiger partial charge on any atom is 0.240 e. The van der Waals surface area contributed by atoms with Crippen molar-refractivity contribution < 1.29 is 9.59 Å². The van der Waals surface area contributed by atoms with Crippen molar-refractivity contribution in [3.05, 3.63) is 24.3 Å². The van der Waals surface area contributed by atoms with E-state index in [9.17, 15) is 9.59 Å². The van der Waals surface area contributed by atoms with Gasteiger partial charge in [-0.05, 0) is 45.0 Å². The Morgan fingerprint density at radius 3 is 2.85 bits per heavy atom. The molecule has 6 heteroatoms. The van der Waals surface area contributed by atoms with Crippen molar-refractivity contribution in [1.82, 2.24) is 10.2 Å². The van der Waals surface area contributed by atoms with Crippen LogP contribution in [0.4, 0.5) is 5.69 Å². The molecule has 0 spiro atoms. The van der Waals surface area contributed by atoms with E-state index < -0.39 is 0 Å². The predicted molar refractivity (Wildman–Crippen MR) is 107 cm³/mol. The fraction of sp³-hybridized carbons (Fsp3) is 0.600. The molecule has 3 rings (SSSR count). The second-order valence-electron chi connectivity index (χ2n) is 7.21. The fourth-order valence-electron chi connectivity index (χ4n) is 3.79. The summed E-state index contributed by atoms with van der Waals surface area (Å²) in [6.07, 6.45) is 7.61. The highest BCUT2D eigenvalue weighted by Gasteiger charge is 2.26. The molecule has 0 saturated heterocycles. The monoisotopic (exact) mass is 375 g/mol. The Labute approximate surface area is 160 Å². The third kappa shape index (κ3) is 5.01.